The molecule has 1 amide bonds. The van der Waals surface area contributed by atoms with Crippen LogP contribution in [0.5, 0.6) is 0 Å². The number of hydrogen-bond acceptors (Lipinski definition) is 2. The van der Waals surface area contributed by atoms with E-state index < -0.39 is 17.9 Å². The van der Waals surface area contributed by atoms with Gasteiger partial charge in [0.1, 0.15) is 0 Å². The predicted molar refractivity (Wildman–Crippen MR) is 90.4 cm³/mol. The molecule has 1 unspecified atom stereocenters. The Hall–Kier alpha value is -1.75. The van der Waals surface area contributed by atoms with Gasteiger partial charge in [-0.1, -0.05) is 46.9 Å². The maximum atomic E-state index is 12.4. The zero-order valence-corrected chi connectivity index (χ0v) is 14.0. The van der Waals surface area contributed by atoms with Gasteiger partial charge in [0.25, 0.3) is 5.91 Å². The van der Waals surface area contributed by atoms with Crippen molar-refractivity contribution in [3.63, 3.8) is 0 Å². The lowest BCUT2D eigenvalue weighted by molar-refractivity contribution is -0.137. The minimum atomic E-state index is -1.04. The average molecular weight is 373 g/mol. The van der Waals surface area contributed by atoms with E-state index in [2.05, 4.69) is 5.32 Å². The van der Waals surface area contributed by atoms with Crippen LogP contribution in [-0.4, -0.2) is 17.0 Å². The number of carbonyl (C=O) groups is 2. The van der Waals surface area contributed by atoms with E-state index >= 15 is 0 Å². The first-order valence-electron chi connectivity index (χ1n) is 6.60. The Balaban J connectivity index is 2.27. The minimum Gasteiger partial charge on any atom is -0.481 e. The number of halogens is 3. The second-order valence-corrected chi connectivity index (χ2v) is 6.08. The quantitative estimate of drug-likeness (QED) is 0.806. The Morgan fingerprint density at radius 1 is 1.04 bits per heavy atom. The number of carboxylic acids is 1. The van der Waals surface area contributed by atoms with Crippen LogP contribution in [0.2, 0.25) is 15.1 Å². The Morgan fingerprint density at radius 3 is 2.35 bits per heavy atom. The molecule has 0 aromatic heterocycles. The molecule has 0 fully saturated rings. The van der Waals surface area contributed by atoms with Crippen LogP contribution >= 0.6 is 34.8 Å². The number of aliphatic carboxylic acids is 1. The Kier molecular flexibility index (Phi) is 5.88. The normalized spacial score (nSPS) is 11.8. The first kappa shape index (κ1) is 17.6. The summed E-state index contributed by atoms with van der Waals surface area (Å²) in [6.45, 7) is 0. The fourth-order valence-electron chi connectivity index (χ4n) is 2.06. The highest BCUT2D eigenvalue weighted by atomic mass is 35.5. The van der Waals surface area contributed by atoms with Gasteiger partial charge in [0, 0.05) is 10.0 Å². The van der Waals surface area contributed by atoms with Crippen LogP contribution in [0.4, 0.5) is 0 Å². The molecule has 0 heterocycles. The maximum absolute atomic E-state index is 12.4. The van der Waals surface area contributed by atoms with E-state index in [1.807, 2.05) is 0 Å². The molecule has 23 heavy (non-hydrogen) atoms. The lowest BCUT2D eigenvalue weighted by Crippen LogP contribution is -2.30. The van der Waals surface area contributed by atoms with Crippen LogP contribution in [0.25, 0.3) is 0 Å². The van der Waals surface area contributed by atoms with E-state index in [9.17, 15) is 9.59 Å². The molecule has 1 atom stereocenters. The van der Waals surface area contributed by atoms with Crippen molar-refractivity contribution in [1.29, 1.82) is 0 Å². The minimum absolute atomic E-state index is 0.190. The summed E-state index contributed by atoms with van der Waals surface area (Å²) in [5.74, 6) is -1.53. The van der Waals surface area contributed by atoms with Gasteiger partial charge in [0.2, 0.25) is 0 Å². The van der Waals surface area contributed by atoms with Gasteiger partial charge in [-0.05, 0) is 35.9 Å². The van der Waals surface area contributed by atoms with Crippen molar-refractivity contribution in [3.05, 3.63) is 68.7 Å². The van der Waals surface area contributed by atoms with E-state index in [-0.39, 0.29) is 17.0 Å². The van der Waals surface area contributed by atoms with Gasteiger partial charge in [0.05, 0.1) is 23.0 Å². The smallest absolute Gasteiger partial charge is 0.305 e. The number of carboxylic acid groups (broad SMARTS) is 1. The highest BCUT2D eigenvalue weighted by molar-refractivity contribution is 6.36. The number of nitrogens with one attached hydrogen (secondary N) is 1. The topological polar surface area (TPSA) is 66.4 Å². The molecule has 120 valence electrons. The monoisotopic (exact) mass is 371 g/mol. The molecule has 0 radical (unpaired) electrons. The zero-order chi connectivity index (χ0) is 17.0. The number of benzene rings is 2. The molecular formula is C16H12Cl3NO3. The molecule has 4 nitrogen and oxygen atoms in total. The fraction of sp³-hybridized carbons (Fsp3) is 0.125. The largest absolute Gasteiger partial charge is 0.481 e. The summed E-state index contributed by atoms with van der Waals surface area (Å²) in [7, 11) is 0. The second kappa shape index (κ2) is 7.68. The molecule has 0 aliphatic rings. The Bertz CT molecular complexity index is 749. The molecule has 0 aliphatic carbocycles. The zero-order valence-electron chi connectivity index (χ0n) is 11.7. The number of carbonyl (C=O) groups excluding carboxylic acids is 1. The molecular weight excluding hydrogens is 361 g/mol. The van der Waals surface area contributed by atoms with Crippen molar-refractivity contribution in [2.24, 2.45) is 0 Å². The Labute approximate surface area is 148 Å². The second-order valence-electron chi connectivity index (χ2n) is 4.80. The summed E-state index contributed by atoms with van der Waals surface area (Å²) in [5, 5.41) is 12.8. The number of rotatable bonds is 5. The molecule has 0 bridgehead atoms. The number of hydrogen-bond donors (Lipinski definition) is 2. The lowest BCUT2D eigenvalue weighted by Gasteiger charge is -2.18. The van der Waals surface area contributed by atoms with E-state index in [4.69, 9.17) is 39.9 Å². The van der Waals surface area contributed by atoms with E-state index in [0.717, 1.165) is 0 Å². The summed E-state index contributed by atoms with van der Waals surface area (Å²) in [6, 6.07) is 10.4. The van der Waals surface area contributed by atoms with Gasteiger partial charge >= 0.3 is 5.97 Å². The van der Waals surface area contributed by atoms with Crippen molar-refractivity contribution in [1.82, 2.24) is 5.32 Å². The van der Waals surface area contributed by atoms with Gasteiger partial charge in [-0.3, -0.25) is 9.59 Å². The SMILES string of the molecule is O=C(O)CC(NC(=O)c1ccc(Cl)cc1Cl)c1cccc(Cl)c1. The van der Waals surface area contributed by atoms with Crippen LogP contribution in [-0.2, 0) is 4.79 Å². The van der Waals surface area contributed by atoms with Gasteiger partial charge in [-0.2, -0.15) is 0 Å². The van der Waals surface area contributed by atoms with E-state index in [1.54, 1.807) is 24.3 Å². The summed E-state index contributed by atoms with van der Waals surface area (Å²) in [4.78, 5) is 23.4. The van der Waals surface area contributed by atoms with Gasteiger partial charge in [-0.25, -0.2) is 0 Å². The van der Waals surface area contributed by atoms with Crippen molar-refractivity contribution < 1.29 is 14.7 Å². The third kappa shape index (κ3) is 4.86. The average Bonchev–Trinajstić information content (AvgIpc) is 2.45. The van der Waals surface area contributed by atoms with Crippen LogP contribution in [0.1, 0.15) is 28.4 Å². The highest BCUT2D eigenvalue weighted by Gasteiger charge is 2.20. The third-order valence-corrected chi connectivity index (χ3v) is 3.89. The fourth-order valence-corrected chi connectivity index (χ4v) is 2.75. The van der Waals surface area contributed by atoms with E-state index in [1.165, 1.54) is 18.2 Å². The standard InChI is InChI=1S/C16H12Cl3NO3/c17-10-3-1-2-9(6-10)14(8-15(21)22)20-16(23)12-5-4-11(18)7-13(12)19/h1-7,14H,8H2,(H,20,23)(H,21,22). The van der Waals surface area contributed by atoms with Crippen LogP contribution in [0.15, 0.2) is 42.5 Å². The summed E-state index contributed by atoms with van der Waals surface area (Å²) in [6.07, 6.45) is -0.280. The molecule has 2 rings (SSSR count). The first-order valence-corrected chi connectivity index (χ1v) is 7.73. The molecule has 0 spiro atoms. The van der Waals surface area contributed by atoms with Crippen molar-refractivity contribution in [3.8, 4) is 0 Å². The van der Waals surface area contributed by atoms with Crippen LogP contribution < -0.4 is 5.32 Å². The van der Waals surface area contributed by atoms with Gasteiger partial charge < -0.3 is 10.4 Å². The molecule has 2 aromatic carbocycles. The van der Waals surface area contributed by atoms with Gasteiger partial charge in [-0.15, -0.1) is 0 Å². The predicted octanol–water partition coefficient (Wildman–Crippen LogP) is 4.59. The lowest BCUT2D eigenvalue weighted by atomic mass is 10.0. The Morgan fingerprint density at radius 2 is 1.74 bits per heavy atom. The van der Waals surface area contributed by atoms with Crippen molar-refractivity contribution in [2.75, 3.05) is 0 Å². The third-order valence-electron chi connectivity index (χ3n) is 3.11. The van der Waals surface area contributed by atoms with E-state index in [0.29, 0.717) is 15.6 Å². The summed E-state index contributed by atoms with van der Waals surface area (Å²) >= 11 is 17.7. The number of amides is 1. The van der Waals surface area contributed by atoms with Crippen LogP contribution in [0, 0.1) is 0 Å². The molecule has 7 heteroatoms. The van der Waals surface area contributed by atoms with Crippen molar-refractivity contribution >= 4 is 46.7 Å². The summed E-state index contributed by atoms with van der Waals surface area (Å²) in [5.41, 5.74) is 0.812. The molecule has 2 N–H and O–H groups in total. The van der Waals surface area contributed by atoms with Crippen LogP contribution in [0.3, 0.4) is 0 Å². The molecule has 2 aromatic rings. The first-order chi connectivity index (χ1) is 10.9. The summed E-state index contributed by atoms with van der Waals surface area (Å²) < 4.78 is 0. The molecule has 0 aliphatic heterocycles. The maximum Gasteiger partial charge on any atom is 0.305 e. The molecule has 0 saturated carbocycles. The van der Waals surface area contributed by atoms with Gasteiger partial charge in [0.15, 0.2) is 0 Å². The molecule has 0 saturated heterocycles. The van der Waals surface area contributed by atoms with Crippen molar-refractivity contribution in [2.45, 2.75) is 12.5 Å². The highest BCUT2D eigenvalue weighted by Crippen LogP contribution is 2.24.